The van der Waals surface area contributed by atoms with Crippen molar-refractivity contribution in [1.29, 1.82) is 0 Å². The first-order valence-corrected chi connectivity index (χ1v) is 8.36. The van der Waals surface area contributed by atoms with E-state index < -0.39 is 17.6 Å². The van der Waals surface area contributed by atoms with E-state index in [4.69, 9.17) is 14.7 Å². The minimum absolute atomic E-state index is 0.0705. The Balaban J connectivity index is 1.77. The molecule has 0 bridgehead atoms. The number of nitrogens with one attached hydrogen (secondary N) is 1. The summed E-state index contributed by atoms with van der Waals surface area (Å²) >= 11 is 0. The van der Waals surface area contributed by atoms with Crippen LogP contribution in [0.3, 0.4) is 0 Å². The van der Waals surface area contributed by atoms with Crippen molar-refractivity contribution in [2.45, 2.75) is 25.4 Å². The van der Waals surface area contributed by atoms with Crippen LogP contribution in [0, 0.1) is 0 Å². The number of amides is 2. The number of hydrogen-bond acceptors (Lipinski definition) is 6. The lowest BCUT2D eigenvalue weighted by molar-refractivity contribution is -0.124. The van der Waals surface area contributed by atoms with Crippen molar-refractivity contribution < 1.29 is 29.1 Å². The van der Waals surface area contributed by atoms with Crippen LogP contribution in [0.4, 0.5) is 4.79 Å². The molecule has 8 heteroatoms. The number of ether oxygens (including phenoxy) is 2. The predicted molar refractivity (Wildman–Crippen MR) is 90.9 cm³/mol. The molecule has 1 fully saturated rings. The zero-order chi connectivity index (χ0) is 18.7. The Kier molecular flexibility index (Phi) is 4.94. The average molecular weight is 360 g/mol. The molecule has 2 heterocycles. The average Bonchev–Trinajstić information content (AvgIpc) is 3.03. The number of hydroxylamine groups is 1. The van der Waals surface area contributed by atoms with Gasteiger partial charge in [0.25, 0.3) is 5.91 Å². The second kappa shape index (κ2) is 7.17. The fraction of sp³-hybridized carbons (Fsp3) is 0.389. The van der Waals surface area contributed by atoms with Crippen molar-refractivity contribution in [2.75, 3.05) is 19.7 Å². The zero-order valence-electron chi connectivity index (χ0n) is 14.4. The Labute approximate surface area is 150 Å². The Morgan fingerprint density at radius 2 is 2.27 bits per heavy atom. The smallest absolute Gasteiger partial charge is 0.409 e. The van der Waals surface area contributed by atoms with E-state index in [2.05, 4.69) is 0 Å². The van der Waals surface area contributed by atoms with Crippen LogP contribution < -0.4 is 10.2 Å². The van der Waals surface area contributed by atoms with Crippen molar-refractivity contribution in [1.82, 2.24) is 10.4 Å². The zero-order valence-corrected chi connectivity index (χ0v) is 14.4. The van der Waals surface area contributed by atoms with E-state index >= 15 is 0 Å². The first kappa shape index (κ1) is 17.9. The van der Waals surface area contributed by atoms with E-state index in [9.17, 15) is 14.4 Å². The van der Waals surface area contributed by atoms with Crippen LogP contribution in [0.1, 0.15) is 35.7 Å². The van der Waals surface area contributed by atoms with Gasteiger partial charge in [0.15, 0.2) is 5.78 Å². The number of fused-ring (bicyclic) bond motifs is 1. The van der Waals surface area contributed by atoms with Gasteiger partial charge in [-0.05, 0) is 30.7 Å². The summed E-state index contributed by atoms with van der Waals surface area (Å²) in [5, 5.41) is 8.50. The molecule has 1 unspecified atom stereocenters. The highest BCUT2D eigenvalue weighted by atomic mass is 16.6. The molecular weight excluding hydrogens is 340 g/mol. The Morgan fingerprint density at radius 3 is 3.00 bits per heavy atom. The van der Waals surface area contributed by atoms with Gasteiger partial charge in [0.1, 0.15) is 11.4 Å². The van der Waals surface area contributed by atoms with E-state index in [1.807, 2.05) is 0 Å². The number of Topliss-reactive ketones (excluding diaryl/α,β-unsaturated/α-hetero) is 1. The van der Waals surface area contributed by atoms with Gasteiger partial charge in [0.2, 0.25) is 0 Å². The molecule has 0 saturated carbocycles. The van der Waals surface area contributed by atoms with Crippen LogP contribution in [0.2, 0.25) is 0 Å². The lowest BCUT2D eigenvalue weighted by atomic mass is 9.88. The second-order valence-electron chi connectivity index (χ2n) is 6.32. The number of benzene rings is 1. The lowest BCUT2D eigenvalue weighted by Gasteiger charge is -2.34. The molecule has 0 aliphatic carbocycles. The van der Waals surface area contributed by atoms with E-state index in [0.29, 0.717) is 43.0 Å². The third-order valence-corrected chi connectivity index (χ3v) is 4.49. The summed E-state index contributed by atoms with van der Waals surface area (Å²) in [6, 6.07) is 5.03. The molecule has 1 aromatic rings. The topological polar surface area (TPSA) is 105 Å². The monoisotopic (exact) mass is 360 g/mol. The van der Waals surface area contributed by atoms with E-state index in [1.165, 1.54) is 11.6 Å². The summed E-state index contributed by atoms with van der Waals surface area (Å²) in [4.78, 5) is 37.2. The molecular formula is C18H20N2O6. The number of carbonyl (C=O) groups excluding carboxylic acids is 3. The van der Waals surface area contributed by atoms with Crippen LogP contribution >= 0.6 is 0 Å². The predicted octanol–water partition coefficient (Wildman–Crippen LogP) is 1.77. The van der Waals surface area contributed by atoms with Crippen molar-refractivity contribution in [2.24, 2.45) is 0 Å². The number of carbonyl (C=O) groups is 3. The minimum atomic E-state index is -0.717. The van der Waals surface area contributed by atoms with Gasteiger partial charge < -0.3 is 14.4 Å². The molecule has 1 spiro atoms. The first-order valence-electron chi connectivity index (χ1n) is 8.36. The number of rotatable bonds is 3. The summed E-state index contributed by atoms with van der Waals surface area (Å²) in [6.07, 6.45) is 3.00. The number of ketones is 1. The molecule has 3 rings (SSSR count). The van der Waals surface area contributed by atoms with Crippen LogP contribution in [0.15, 0.2) is 24.3 Å². The Hall–Kier alpha value is -2.87. The van der Waals surface area contributed by atoms with Crippen LogP contribution in [0.25, 0.3) is 6.08 Å². The van der Waals surface area contributed by atoms with E-state index in [1.54, 1.807) is 30.0 Å². The maximum absolute atomic E-state index is 12.6. The van der Waals surface area contributed by atoms with Gasteiger partial charge in [0, 0.05) is 19.0 Å². The molecule has 1 aromatic carbocycles. The van der Waals surface area contributed by atoms with Crippen LogP contribution in [-0.4, -0.2) is 53.2 Å². The summed E-state index contributed by atoms with van der Waals surface area (Å²) in [6.45, 7) is 2.85. The maximum Gasteiger partial charge on any atom is 0.409 e. The van der Waals surface area contributed by atoms with Gasteiger partial charge in [-0.1, -0.05) is 6.07 Å². The minimum Gasteiger partial charge on any atom is -0.484 e. The quantitative estimate of drug-likeness (QED) is 0.484. The number of hydrogen-bond donors (Lipinski definition) is 2. The summed E-state index contributed by atoms with van der Waals surface area (Å²) in [5.41, 5.74) is 1.86. The molecule has 2 amide bonds. The lowest BCUT2D eigenvalue weighted by Crippen LogP contribution is -2.45. The van der Waals surface area contributed by atoms with E-state index in [0.717, 1.165) is 6.08 Å². The van der Waals surface area contributed by atoms with Gasteiger partial charge >= 0.3 is 6.09 Å². The molecule has 2 aliphatic heterocycles. The largest absolute Gasteiger partial charge is 0.484 e. The standard InChI is InChI=1S/C18H20N2O6/c1-2-25-17(23)20-8-7-18(11-20)10-14(21)13-9-12(3-5-15(13)26-18)4-6-16(22)19-24/h3-6,9,24H,2,7-8,10-11H2,1H3,(H,19,22). The normalized spacial score (nSPS) is 21.6. The van der Waals surface area contributed by atoms with Crippen molar-refractivity contribution >= 4 is 23.9 Å². The first-order chi connectivity index (χ1) is 12.5. The highest BCUT2D eigenvalue weighted by Crippen LogP contribution is 2.39. The van der Waals surface area contributed by atoms with Crippen molar-refractivity contribution in [3.8, 4) is 5.75 Å². The van der Waals surface area contributed by atoms with Gasteiger partial charge in [-0.15, -0.1) is 0 Å². The van der Waals surface area contributed by atoms with Crippen molar-refractivity contribution in [3.05, 3.63) is 35.4 Å². The van der Waals surface area contributed by atoms with Crippen molar-refractivity contribution in [3.63, 3.8) is 0 Å². The number of likely N-dealkylation sites (tertiary alicyclic amines) is 1. The Bertz CT molecular complexity index is 775. The maximum atomic E-state index is 12.6. The Morgan fingerprint density at radius 1 is 1.46 bits per heavy atom. The van der Waals surface area contributed by atoms with Gasteiger partial charge in [0.05, 0.1) is 25.1 Å². The SMILES string of the molecule is CCOC(=O)N1CCC2(CC(=O)c3cc(C=CC(=O)NO)ccc3O2)C1. The molecule has 138 valence electrons. The van der Waals surface area contributed by atoms with Gasteiger partial charge in [-0.25, -0.2) is 10.3 Å². The van der Waals surface area contributed by atoms with Crippen LogP contribution in [0.5, 0.6) is 5.75 Å². The molecule has 2 N–H and O–H groups in total. The molecule has 1 atom stereocenters. The highest BCUT2D eigenvalue weighted by Gasteiger charge is 2.47. The van der Waals surface area contributed by atoms with Crippen LogP contribution in [-0.2, 0) is 9.53 Å². The molecule has 2 aliphatic rings. The summed E-state index contributed by atoms with van der Waals surface area (Å²) in [5.74, 6) is -0.260. The highest BCUT2D eigenvalue weighted by molar-refractivity contribution is 6.01. The van der Waals surface area contributed by atoms with Gasteiger partial charge in [-0.2, -0.15) is 0 Å². The summed E-state index contributed by atoms with van der Waals surface area (Å²) in [7, 11) is 0. The molecule has 1 saturated heterocycles. The molecule has 26 heavy (non-hydrogen) atoms. The third-order valence-electron chi connectivity index (χ3n) is 4.49. The molecule has 0 radical (unpaired) electrons. The van der Waals surface area contributed by atoms with E-state index in [-0.39, 0.29) is 12.2 Å². The fourth-order valence-corrected chi connectivity index (χ4v) is 3.27. The molecule has 8 nitrogen and oxygen atoms in total. The number of nitrogens with zero attached hydrogens (tertiary/aromatic N) is 1. The molecule has 0 aromatic heterocycles. The fourth-order valence-electron chi connectivity index (χ4n) is 3.27. The van der Waals surface area contributed by atoms with Gasteiger partial charge in [-0.3, -0.25) is 14.8 Å². The third kappa shape index (κ3) is 3.55. The summed E-state index contributed by atoms with van der Waals surface area (Å²) < 4.78 is 11.1. The second-order valence-corrected chi connectivity index (χ2v) is 6.32.